The van der Waals surface area contributed by atoms with Gasteiger partial charge in [0.05, 0.1) is 5.88 Å². The number of amides is 2. The number of rotatable bonds is 3. The smallest absolute Gasteiger partial charge is 0.249 e. The van der Waals surface area contributed by atoms with E-state index in [2.05, 4.69) is 10.3 Å². The molecule has 2 amide bonds. The summed E-state index contributed by atoms with van der Waals surface area (Å²) in [6.07, 6.45) is 2.09. The summed E-state index contributed by atoms with van der Waals surface area (Å²) in [6, 6.07) is 3.31. The molecule has 0 unspecified atom stereocenters. The molecule has 0 aliphatic carbocycles. The lowest BCUT2D eigenvalue weighted by Crippen LogP contribution is -2.45. The van der Waals surface area contributed by atoms with Crippen LogP contribution in [0.2, 0.25) is 0 Å². The zero-order chi connectivity index (χ0) is 16.3. The molecule has 1 N–H and O–H groups in total. The van der Waals surface area contributed by atoms with Crippen molar-refractivity contribution in [2.75, 3.05) is 16.9 Å². The molecular formula is C16H23N3O2S. The Bertz CT molecular complexity index is 569. The van der Waals surface area contributed by atoms with Crippen molar-refractivity contribution in [2.24, 2.45) is 5.41 Å². The zero-order valence-electron chi connectivity index (χ0n) is 13.5. The van der Waals surface area contributed by atoms with E-state index in [9.17, 15) is 9.59 Å². The van der Waals surface area contributed by atoms with Gasteiger partial charge in [0.15, 0.2) is 0 Å². The highest BCUT2D eigenvalue weighted by molar-refractivity contribution is 7.99. The van der Waals surface area contributed by atoms with Crippen LogP contribution in [0, 0.1) is 12.3 Å². The van der Waals surface area contributed by atoms with Gasteiger partial charge in [0.25, 0.3) is 0 Å². The summed E-state index contributed by atoms with van der Waals surface area (Å²) in [4.78, 5) is 30.8. The predicted molar refractivity (Wildman–Crippen MR) is 89.6 cm³/mol. The van der Waals surface area contributed by atoms with Crippen molar-refractivity contribution in [1.29, 1.82) is 0 Å². The van der Waals surface area contributed by atoms with Crippen LogP contribution in [0.1, 0.15) is 32.8 Å². The van der Waals surface area contributed by atoms with E-state index in [0.29, 0.717) is 23.9 Å². The molecular weight excluding hydrogens is 298 g/mol. The molecule has 2 heterocycles. The van der Waals surface area contributed by atoms with Crippen LogP contribution in [-0.2, 0) is 9.59 Å². The molecule has 0 bridgehead atoms. The lowest BCUT2D eigenvalue weighted by Gasteiger charge is -2.26. The number of pyridine rings is 1. The average Bonchev–Trinajstić information content (AvgIpc) is 2.89. The van der Waals surface area contributed by atoms with Gasteiger partial charge in [-0.3, -0.25) is 9.59 Å². The molecule has 1 aliphatic rings. The van der Waals surface area contributed by atoms with Crippen LogP contribution in [0.3, 0.4) is 0 Å². The third kappa shape index (κ3) is 4.22. The first-order chi connectivity index (χ1) is 10.3. The first-order valence-corrected chi connectivity index (χ1v) is 8.53. The lowest BCUT2D eigenvalue weighted by molar-refractivity contribution is -0.137. The molecule has 2 rings (SSSR count). The second kappa shape index (κ2) is 6.69. The van der Waals surface area contributed by atoms with Crippen molar-refractivity contribution in [3.63, 3.8) is 0 Å². The minimum atomic E-state index is -0.416. The minimum Gasteiger partial charge on any atom is -0.321 e. The summed E-state index contributed by atoms with van der Waals surface area (Å²) >= 11 is 1.61. The summed E-state index contributed by atoms with van der Waals surface area (Å²) < 4.78 is 0. The Labute approximate surface area is 135 Å². The van der Waals surface area contributed by atoms with Crippen molar-refractivity contribution in [3.8, 4) is 0 Å². The maximum absolute atomic E-state index is 12.5. The van der Waals surface area contributed by atoms with E-state index in [0.717, 1.165) is 5.56 Å². The SMILES string of the molecule is Cc1cccnc1NC(=O)[C@H]1CSCN1C(=O)CC(C)(C)C. The molecule has 6 heteroatoms. The fraction of sp³-hybridized carbons (Fsp3) is 0.562. The van der Waals surface area contributed by atoms with Gasteiger partial charge < -0.3 is 10.2 Å². The highest BCUT2D eigenvalue weighted by Gasteiger charge is 2.36. The van der Waals surface area contributed by atoms with Gasteiger partial charge in [-0.1, -0.05) is 26.8 Å². The van der Waals surface area contributed by atoms with Crippen LogP contribution < -0.4 is 5.32 Å². The molecule has 120 valence electrons. The summed E-state index contributed by atoms with van der Waals surface area (Å²) in [5.41, 5.74) is 0.831. The molecule has 0 spiro atoms. The highest BCUT2D eigenvalue weighted by atomic mass is 32.2. The maximum Gasteiger partial charge on any atom is 0.249 e. The number of nitrogens with zero attached hydrogens (tertiary/aromatic N) is 2. The van der Waals surface area contributed by atoms with Gasteiger partial charge in [-0.15, -0.1) is 11.8 Å². The van der Waals surface area contributed by atoms with E-state index < -0.39 is 6.04 Å². The molecule has 0 saturated carbocycles. The van der Waals surface area contributed by atoms with Crippen molar-refractivity contribution < 1.29 is 9.59 Å². The molecule has 1 atom stereocenters. The quantitative estimate of drug-likeness (QED) is 0.930. The van der Waals surface area contributed by atoms with Gasteiger partial charge in [0, 0.05) is 18.4 Å². The second-order valence-corrected chi connectivity index (χ2v) is 7.77. The standard InChI is InChI=1S/C16H23N3O2S/c1-11-6-5-7-17-14(11)18-15(21)12-9-22-10-19(12)13(20)8-16(2,3)4/h5-7,12H,8-10H2,1-4H3,(H,17,18,21)/t12-/m1/s1. The summed E-state index contributed by atoms with van der Waals surface area (Å²) in [6.45, 7) is 7.98. The maximum atomic E-state index is 12.5. The van der Waals surface area contributed by atoms with Gasteiger partial charge in [-0.05, 0) is 24.0 Å². The van der Waals surface area contributed by atoms with Gasteiger partial charge in [-0.25, -0.2) is 4.98 Å². The lowest BCUT2D eigenvalue weighted by atomic mass is 9.91. The number of carbonyl (C=O) groups is 2. The molecule has 1 fully saturated rings. The van der Waals surface area contributed by atoms with Crippen molar-refractivity contribution in [3.05, 3.63) is 23.9 Å². The molecule has 1 saturated heterocycles. The fourth-order valence-corrected chi connectivity index (χ4v) is 3.46. The zero-order valence-corrected chi connectivity index (χ0v) is 14.4. The van der Waals surface area contributed by atoms with Crippen LogP contribution >= 0.6 is 11.8 Å². The molecule has 1 aromatic heterocycles. The van der Waals surface area contributed by atoms with Gasteiger partial charge in [0.2, 0.25) is 11.8 Å². The van der Waals surface area contributed by atoms with Crippen molar-refractivity contribution in [1.82, 2.24) is 9.88 Å². The van der Waals surface area contributed by atoms with Gasteiger partial charge in [0.1, 0.15) is 11.9 Å². The van der Waals surface area contributed by atoms with E-state index >= 15 is 0 Å². The molecule has 1 aromatic rings. The van der Waals surface area contributed by atoms with E-state index in [1.165, 1.54) is 0 Å². The first-order valence-electron chi connectivity index (χ1n) is 7.37. The van der Waals surface area contributed by atoms with Crippen LogP contribution in [0.4, 0.5) is 5.82 Å². The topological polar surface area (TPSA) is 62.3 Å². The van der Waals surface area contributed by atoms with Crippen LogP contribution in [0.25, 0.3) is 0 Å². The molecule has 0 aromatic carbocycles. The van der Waals surface area contributed by atoms with Crippen LogP contribution in [0.5, 0.6) is 0 Å². The molecule has 22 heavy (non-hydrogen) atoms. The third-order valence-electron chi connectivity index (χ3n) is 3.44. The first kappa shape index (κ1) is 16.8. The minimum absolute atomic E-state index is 0.0374. The monoisotopic (exact) mass is 321 g/mol. The van der Waals surface area contributed by atoms with Gasteiger partial charge in [-0.2, -0.15) is 0 Å². The average molecular weight is 321 g/mol. The van der Waals surface area contributed by atoms with Crippen molar-refractivity contribution >= 4 is 29.4 Å². The normalized spacial score (nSPS) is 18.4. The molecule has 0 radical (unpaired) electrons. The van der Waals surface area contributed by atoms with E-state index in [4.69, 9.17) is 0 Å². The van der Waals surface area contributed by atoms with E-state index in [-0.39, 0.29) is 17.2 Å². The summed E-state index contributed by atoms with van der Waals surface area (Å²) in [5.74, 6) is 1.65. The van der Waals surface area contributed by atoms with E-state index in [1.807, 2.05) is 39.8 Å². The van der Waals surface area contributed by atoms with E-state index in [1.54, 1.807) is 22.9 Å². The summed E-state index contributed by atoms with van der Waals surface area (Å²) in [5, 5.41) is 2.84. The number of anilines is 1. The Morgan fingerprint density at radius 1 is 1.45 bits per heavy atom. The molecule has 5 nitrogen and oxygen atoms in total. The van der Waals surface area contributed by atoms with Crippen molar-refractivity contribution in [2.45, 2.75) is 40.2 Å². The van der Waals surface area contributed by atoms with Gasteiger partial charge >= 0.3 is 0 Å². The van der Waals surface area contributed by atoms with Crippen LogP contribution in [0.15, 0.2) is 18.3 Å². The Morgan fingerprint density at radius 3 is 2.82 bits per heavy atom. The number of carbonyl (C=O) groups excluding carboxylic acids is 2. The summed E-state index contributed by atoms with van der Waals surface area (Å²) in [7, 11) is 0. The Morgan fingerprint density at radius 2 is 2.18 bits per heavy atom. The number of hydrogen-bond acceptors (Lipinski definition) is 4. The number of aromatic nitrogens is 1. The predicted octanol–water partition coefficient (Wildman–Crippen LogP) is 2.67. The Balaban J connectivity index is 2.05. The number of aryl methyl sites for hydroxylation is 1. The fourth-order valence-electron chi connectivity index (χ4n) is 2.28. The largest absolute Gasteiger partial charge is 0.321 e. The van der Waals surface area contributed by atoms with Crippen LogP contribution in [-0.4, -0.2) is 39.4 Å². The number of hydrogen-bond donors (Lipinski definition) is 1. The Kier molecular flexibility index (Phi) is 5.11. The third-order valence-corrected chi connectivity index (χ3v) is 4.45. The molecule has 1 aliphatic heterocycles. The highest BCUT2D eigenvalue weighted by Crippen LogP contribution is 2.27. The number of nitrogens with one attached hydrogen (secondary N) is 1. The second-order valence-electron chi connectivity index (χ2n) is 6.77. The number of thioether (sulfide) groups is 1. The Hall–Kier alpha value is -1.56.